The molecule has 0 fully saturated rings. The van der Waals surface area contributed by atoms with Crippen LogP contribution in [-0.2, 0) is 34.0 Å². The number of aryl methyl sites for hydroxylation is 1. The Kier molecular flexibility index (Phi) is 31.6. The minimum Gasteiger partial charge on any atom is -0.463 e. The van der Waals surface area contributed by atoms with Gasteiger partial charge in [-0.15, -0.1) is 10.1 Å². The molecule has 0 unspecified atom stereocenters. The molecule has 0 aromatic heterocycles. The summed E-state index contributed by atoms with van der Waals surface area (Å²) in [5.74, 6) is 0.997. The first-order chi connectivity index (χ1) is 20.5. The van der Waals surface area contributed by atoms with E-state index in [4.69, 9.17) is 0 Å². The van der Waals surface area contributed by atoms with Crippen LogP contribution in [0.1, 0.15) is 129 Å². The zero-order valence-electron chi connectivity index (χ0n) is 27.4. The molecule has 6 heteroatoms. The number of carbonyl (C=O) groups is 1. The number of hydrogen-bond donors (Lipinski definition) is 0. The summed E-state index contributed by atoms with van der Waals surface area (Å²) in [6, 6.07) is 17.7. The van der Waals surface area contributed by atoms with Crippen molar-refractivity contribution in [3.63, 3.8) is 0 Å². The van der Waals surface area contributed by atoms with Crippen LogP contribution in [0.4, 0.5) is 0 Å². The summed E-state index contributed by atoms with van der Waals surface area (Å²) in [5, 5.41) is 9.09. The molecule has 0 spiro atoms. The molecule has 6 nitrogen and oxygen atoms in total. The molecule has 0 N–H and O–H groups in total. The number of carbonyl (C=O) groups excluding carboxylic acids is 1. The van der Waals surface area contributed by atoms with E-state index < -0.39 is 5.09 Å². The Hall–Kier alpha value is -3.15. The van der Waals surface area contributed by atoms with Crippen LogP contribution in [0, 0.1) is 16.0 Å². The van der Waals surface area contributed by atoms with Gasteiger partial charge in [0.1, 0.15) is 13.2 Å². The van der Waals surface area contributed by atoms with E-state index in [1.165, 1.54) is 82.6 Å². The first-order valence-electron chi connectivity index (χ1n) is 16.1. The highest BCUT2D eigenvalue weighted by atomic mass is 16.9. The van der Waals surface area contributed by atoms with E-state index >= 15 is 0 Å². The summed E-state index contributed by atoms with van der Waals surface area (Å²) in [5.41, 5.74) is 2.90. The average molecular weight is 586 g/mol. The summed E-state index contributed by atoms with van der Waals surface area (Å²) >= 11 is 0. The van der Waals surface area contributed by atoms with E-state index in [1.807, 2.05) is 13.8 Å². The quantitative estimate of drug-likeness (QED) is 0.0538. The van der Waals surface area contributed by atoms with Gasteiger partial charge in [-0.25, -0.2) is 0 Å². The highest BCUT2D eigenvalue weighted by Crippen LogP contribution is 2.21. The molecule has 0 heterocycles. The van der Waals surface area contributed by atoms with E-state index in [-0.39, 0.29) is 13.2 Å². The molecule has 42 heavy (non-hydrogen) atoms. The zero-order chi connectivity index (χ0) is 31.7. The number of unbranched alkanes of at least 4 members (excludes halogenated alkanes) is 4. The lowest BCUT2D eigenvalue weighted by atomic mass is 9.92. The van der Waals surface area contributed by atoms with Gasteiger partial charge < -0.3 is 9.57 Å². The Morgan fingerprint density at radius 1 is 0.786 bits per heavy atom. The van der Waals surface area contributed by atoms with Gasteiger partial charge in [0.15, 0.2) is 0 Å². The number of ether oxygens (including phenoxy) is 1. The van der Waals surface area contributed by atoms with Crippen molar-refractivity contribution in [1.82, 2.24) is 0 Å². The van der Waals surface area contributed by atoms with Crippen molar-refractivity contribution in [2.45, 2.75) is 132 Å². The second kappa shape index (κ2) is 32.4. The SMILES string of the molecule is C/C=C\CCCC.CC.CCCC(CCC)CCCCCc1ccccc1.O=COCc1cccc(CO[N+](=O)[O-])c1. The van der Waals surface area contributed by atoms with Gasteiger partial charge in [0.05, 0.1) is 0 Å². The molecule has 2 aromatic carbocycles. The van der Waals surface area contributed by atoms with E-state index in [0.29, 0.717) is 12.0 Å². The van der Waals surface area contributed by atoms with Crippen molar-refractivity contribution < 1.29 is 19.5 Å². The molecular formula is C36H59NO5. The van der Waals surface area contributed by atoms with Gasteiger partial charge in [-0.1, -0.05) is 159 Å². The van der Waals surface area contributed by atoms with Crippen molar-refractivity contribution >= 4 is 6.47 Å². The second-order valence-corrected chi connectivity index (χ2v) is 9.96. The van der Waals surface area contributed by atoms with E-state index in [9.17, 15) is 14.9 Å². The third-order valence-corrected chi connectivity index (χ3v) is 6.42. The predicted octanol–water partition coefficient (Wildman–Crippen LogP) is 10.9. The summed E-state index contributed by atoms with van der Waals surface area (Å²) in [4.78, 5) is 24.1. The summed E-state index contributed by atoms with van der Waals surface area (Å²) in [6.07, 6.45) is 20.7. The van der Waals surface area contributed by atoms with Crippen molar-refractivity contribution in [3.8, 4) is 0 Å². The molecule has 0 amide bonds. The molecular weight excluding hydrogens is 526 g/mol. The molecule has 0 saturated heterocycles. The van der Waals surface area contributed by atoms with Crippen LogP contribution < -0.4 is 0 Å². The van der Waals surface area contributed by atoms with Crippen LogP contribution in [0.5, 0.6) is 0 Å². The number of nitrogens with zero attached hydrogens (tertiary/aromatic N) is 1. The van der Waals surface area contributed by atoms with Gasteiger partial charge in [-0.3, -0.25) is 4.79 Å². The van der Waals surface area contributed by atoms with E-state index in [2.05, 4.69) is 79.8 Å². The van der Waals surface area contributed by atoms with Crippen molar-refractivity contribution in [2.24, 2.45) is 5.92 Å². The van der Waals surface area contributed by atoms with Crippen molar-refractivity contribution in [1.29, 1.82) is 0 Å². The van der Waals surface area contributed by atoms with Crippen LogP contribution in [0.2, 0.25) is 0 Å². The Labute approximate surface area is 257 Å². The lowest BCUT2D eigenvalue weighted by molar-refractivity contribution is -0.763. The second-order valence-electron chi connectivity index (χ2n) is 9.96. The molecule has 2 rings (SSSR count). The Balaban J connectivity index is 0. The van der Waals surface area contributed by atoms with Crippen LogP contribution in [0.25, 0.3) is 0 Å². The maximum absolute atomic E-state index is 9.94. The maximum Gasteiger partial charge on any atom is 0.294 e. The lowest BCUT2D eigenvalue weighted by Gasteiger charge is -2.14. The first kappa shape index (κ1) is 41.0. The maximum atomic E-state index is 9.94. The fraction of sp³-hybridized carbons (Fsp3) is 0.583. The van der Waals surface area contributed by atoms with Gasteiger partial charge >= 0.3 is 0 Å². The number of rotatable bonds is 19. The van der Waals surface area contributed by atoms with Gasteiger partial charge in [-0.05, 0) is 48.8 Å². The number of benzene rings is 2. The molecule has 0 aliphatic rings. The Morgan fingerprint density at radius 3 is 1.95 bits per heavy atom. The van der Waals surface area contributed by atoms with Gasteiger partial charge in [0.25, 0.3) is 11.6 Å². The topological polar surface area (TPSA) is 78.7 Å². The van der Waals surface area contributed by atoms with Crippen LogP contribution >= 0.6 is 0 Å². The Bertz CT molecular complexity index is 879. The number of hydrogen-bond acceptors (Lipinski definition) is 5. The van der Waals surface area contributed by atoms with E-state index in [0.717, 1.165) is 11.5 Å². The monoisotopic (exact) mass is 585 g/mol. The highest BCUT2D eigenvalue weighted by Gasteiger charge is 2.06. The standard InChI is InChI=1S/C18H30.C9H9NO5.C7H14.C2H6/c1-3-11-17(12-4-2)13-7-5-8-14-18-15-9-6-10-16-18;11-7-14-5-8-2-1-3-9(4-8)6-15-10(12)13;1-3-5-7-6-4-2;1-2/h6,9-10,15-17H,3-5,7-8,11-14H2,1-2H3;1-4,7H,5-6H2;3,5H,4,6-7H2,1-2H3;1-2H3/b;;5-3-;. The molecule has 0 atom stereocenters. The first-order valence-corrected chi connectivity index (χ1v) is 16.1. The van der Waals surface area contributed by atoms with Crippen LogP contribution in [0.15, 0.2) is 66.7 Å². The van der Waals surface area contributed by atoms with Gasteiger partial charge in [0, 0.05) is 0 Å². The highest BCUT2D eigenvalue weighted by molar-refractivity contribution is 5.37. The van der Waals surface area contributed by atoms with Crippen molar-refractivity contribution in [2.75, 3.05) is 0 Å². The molecule has 238 valence electrons. The molecule has 0 aliphatic carbocycles. The normalized spacial score (nSPS) is 9.98. The summed E-state index contributed by atoms with van der Waals surface area (Å²) < 4.78 is 4.54. The number of allylic oxidation sites excluding steroid dienone is 2. The largest absolute Gasteiger partial charge is 0.463 e. The predicted molar refractivity (Wildman–Crippen MR) is 177 cm³/mol. The van der Waals surface area contributed by atoms with E-state index in [1.54, 1.807) is 24.3 Å². The summed E-state index contributed by atoms with van der Waals surface area (Å²) in [6.45, 7) is 13.3. The van der Waals surface area contributed by atoms with Crippen LogP contribution in [0.3, 0.4) is 0 Å². The Morgan fingerprint density at radius 2 is 1.40 bits per heavy atom. The molecule has 2 aromatic rings. The minimum atomic E-state index is -0.853. The lowest BCUT2D eigenvalue weighted by Crippen LogP contribution is -2.01. The zero-order valence-corrected chi connectivity index (χ0v) is 27.4. The third kappa shape index (κ3) is 27.0. The summed E-state index contributed by atoms with van der Waals surface area (Å²) in [7, 11) is 0. The molecule has 0 radical (unpaired) electrons. The molecule has 0 bridgehead atoms. The smallest absolute Gasteiger partial charge is 0.294 e. The third-order valence-electron chi connectivity index (χ3n) is 6.42. The fourth-order valence-electron chi connectivity index (χ4n) is 4.39. The molecule has 0 saturated carbocycles. The minimum absolute atomic E-state index is 0.109. The van der Waals surface area contributed by atoms with Crippen LogP contribution in [-0.4, -0.2) is 11.6 Å². The van der Waals surface area contributed by atoms with Gasteiger partial charge in [-0.2, -0.15) is 0 Å². The fourth-order valence-corrected chi connectivity index (χ4v) is 4.39. The van der Waals surface area contributed by atoms with Gasteiger partial charge in [0.2, 0.25) is 0 Å². The average Bonchev–Trinajstić information content (AvgIpc) is 3.02. The molecule has 0 aliphatic heterocycles. The van der Waals surface area contributed by atoms with Crippen molar-refractivity contribution in [3.05, 3.63) is 93.6 Å².